The van der Waals surface area contributed by atoms with Crippen molar-refractivity contribution in [1.82, 2.24) is 19.0 Å². The molecule has 40 heavy (non-hydrogen) atoms. The van der Waals surface area contributed by atoms with Gasteiger partial charge in [-0.1, -0.05) is 12.1 Å². The number of aryl methyl sites for hydroxylation is 2. The lowest BCUT2D eigenvalue weighted by Gasteiger charge is -2.46. The molecule has 1 saturated heterocycles. The molecule has 4 aromatic rings. The number of rotatable bonds is 4. The van der Waals surface area contributed by atoms with E-state index in [1.54, 1.807) is 17.0 Å². The number of amides is 1. The number of nitrogens with zero attached hydrogens (tertiary/aromatic N) is 4. The molecule has 1 amide bonds. The molecule has 1 fully saturated rings. The van der Waals surface area contributed by atoms with Crippen LogP contribution in [0.25, 0.3) is 16.6 Å². The first-order valence-corrected chi connectivity index (χ1v) is 14.0. The van der Waals surface area contributed by atoms with E-state index in [-0.39, 0.29) is 23.7 Å². The molecule has 1 aromatic carbocycles. The molecule has 5 heterocycles. The van der Waals surface area contributed by atoms with Crippen LogP contribution in [0.3, 0.4) is 0 Å². The van der Waals surface area contributed by atoms with E-state index in [9.17, 15) is 9.59 Å². The van der Waals surface area contributed by atoms with Crippen LogP contribution in [0.1, 0.15) is 68.6 Å². The average Bonchev–Trinajstić information content (AvgIpc) is 3.17. The van der Waals surface area contributed by atoms with Gasteiger partial charge in [-0.3, -0.25) is 19.2 Å². The molecular weight excluding hydrogens is 504 g/mol. The van der Waals surface area contributed by atoms with E-state index in [0.29, 0.717) is 12.4 Å². The van der Waals surface area contributed by atoms with Crippen molar-refractivity contribution in [3.63, 3.8) is 0 Å². The third-order valence-electron chi connectivity index (χ3n) is 8.01. The molecule has 0 saturated carbocycles. The van der Waals surface area contributed by atoms with Crippen molar-refractivity contribution in [1.29, 1.82) is 0 Å². The lowest BCUT2D eigenvalue weighted by atomic mass is 9.82. The number of fused-ring (bicyclic) bond motifs is 6. The summed E-state index contributed by atoms with van der Waals surface area (Å²) in [5, 5.41) is 1.12. The van der Waals surface area contributed by atoms with Crippen molar-refractivity contribution < 1.29 is 14.3 Å². The number of aromatic nitrogens is 3. The monoisotopic (exact) mass is 540 g/mol. The number of piperidine rings is 1. The summed E-state index contributed by atoms with van der Waals surface area (Å²) in [7, 11) is 2.09. The Kier molecular flexibility index (Phi) is 6.44. The van der Waals surface area contributed by atoms with Crippen LogP contribution in [0.5, 0.6) is 5.75 Å². The molecule has 8 heteroatoms. The van der Waals surface area contributed by atoms with Crippen molar-refractivity contribution >= 4 is 17.0 Å². The van der Waals surface area contributed by atoms with Gasteiger partial charge < -0.3 is 14.0 Å². The number of hydrogen-bond acceptors (Lipinski definition) is 5. The van der Waals surface area contributed by atoms with Gasteiger partial charge in [-0.25, -0.2) is 4.79 Å². The minimum absolute atomic E-state index is 0.00483. The van der Waals surface area contributed by atoms with Crippen LogP contribution in [0.4, 0.5) is 4.79 Å². The predicted molar refractivity (Wildman–Crippen MR) is 154 cm³/mol. The molecule has 6 rings (SSSR count). The number of carbonyl (C=O) groups excluding carboxylic acids is 1. The maximum atomic E-state index is 13.3. The van der Waals surface area contributed by atoms with E-state index in [1.807, 2.05) is 56.9 Å². The van der Waals surface area contributed by atoms with Gasteiger partial charge in [0.2, 0.25) is 0 Å². The van der Waals surface area contributed by atoms with Crippen LogP contribution in [-0.2, 0) is 24.8 Å². The fourth-order valence-electron chi connectivity index (χ4n) is 6.17. The highest BCUT2D eigenvalue weighted by atomic mass is 16.6. The summed E-state index contributed by atoms with van der Waals surface area (Å²) in [5.41, 5.74) is 5.52. The fourth-order valence-corrected chi connectivity index (χ4v) is 6.17. The third-order valence-corrected chi connectivity index (χ3v) is 8.01. The van der Waals surface area contributed by atoms with E-state index < -0.39 is 5.60 Å². The van der Waals surface area contributed by atoms with Gasteiger partial charge in [-0.05, 0) is 71.2 Å². The Labute approximate surface area is 234 Å². The zero-order chi connectivity index (χ0) is 28.2. The summed E-state index contributed by atoms with van der Waals surface area (Å²) >= 11 is 0. The number of benzene rings is 1. The van der Waals surface area contributed by atoms with Gasteiger partial charge in [0, 0.05) is 65.9 Å². The van der Waals surface area contributed by atoms with Crippen molar-refractivity contribution in [3.8, 4) is 11.4 Å². The summed E-state index contributed by atoms with van der Waals surface area (Å²) in [6, 6.07) is 13.5. The zero-order valence-corrected chi connectivity index (χ0v) is 23.8. The van der Waals surface area contributed by atoms with Gasteiger partial charge >= 0.3 is 6.09 Å². The first kappa shape index (κ1) is 26.2. The van der Waals surface area contributed by atoms with Crippen LogP contribution in [0.15, 0.2) is 59.7 Å². The molecule has 2 bridgehead atoms. The SMILES string of the molecule is Cc1ccc(COc2ccn(-c3ccc4c5c(n(C)c4c3)CC3CCCC5N3C(=O)OC(C)(C)C)c(=O)c2)cn1. The second kappa shape index (κ2) is 9.84. The zero-order valence-electron chi connectivity index (χ0n) is 23.8. The lowest BCUT2D eigenvalue weighted by Crippen LogP contribution is -2.51. The molecule has 2 atom stereocenters. The van der Waals surface area contributed by atoms with Crippen LogP contribution in [-0.4, -0.2) is 36.8 Å². The summed E-state index contributed by atoms with van der Waals surface area (Å²) in [5.74, 6) is 0.520. The van der Waals surface area contributed by atoms with Crippen LogP contribution < -0.4 is 10.3 Å². The molecule has 3 aromatic heterocycles. The largest absolute Gasteiger partial charge is 0.489 e. The van der Waals surface area contributed by atoms with Gasteiger partial charge in [0.15, 0.2) is 0 Å². The number of hydrogen-bond donors (Lipinski definition) is 0. The maximum Gasteiger partial charge on any atom is 0.411 e. The third kappa shape index (κ3) is 4.76. The molecule has 0 spiro atoms. The number of pyridine rings is 2. The molecule has 0 aliphatic carbocycles. The van der Waals surface area contributed by atoms with E-state index in [2.05, 4.69) is 28.7 Å². The highest BCUT2D eigenvalue weighted by Crippen LogP contribution is 2.46. The van der Waals surface area contributed by atoms with Gasteiger partial charge in [0.05, 0.1) is 17.2 Å². The van der Waals surface area contributed by atoms with Crippen LogP contribution in [0, 0.1) is 6.92 Å². The first-order valence-electron chi connectivity index (χ1n) is 14.0. The fraction of sp³-hybridized carbons (Fsp3) is 0.406. The Morgan fingerprint density at radius 1 is 1.10 bits per heavy atom. The molecule has 0 N–H and O–H groups in total. The van der Waals surface area contributed by atoms with Gasteiger partial charge in [-0.15, -0.1) is 0 Å². The second-order valence-corrected chi connectivity index (χ2v) is 12.0. The van der Waals surface area contributed by atoms with Gasteiger partial charge in [-0.2, -0.15) is 0 Å². The molecule has 2 aliphatic rings. The normalized spacial score (nSPS) is 18.5. The molecular formula is C32H36N4O4. The van der Waals surface area contributed by atoms with Crippen molar-refractivity contribution in [2.24, 2.45) is 7.05 Å². The Balaban J connectivity index is 1.30. The predicted octanol–water partition coefficient (Wildman–Crippen LogP) is 6.00. The standard InChI is InChI=1S/C32H36N4O4/c1-20-9-10-21(18-33-20)19-39-24-13-14-35(29(37)17-24)22-11-12-25-27(15-22)34(5)28-16-23-7-6-8-26(30(25)28)36(23)31(38)40-32(2,3)4/h9-15,17-18,23,26H,6-8,16,19H2,1-5H3. The lowest BCUT2D eigenvalue weighted by molar-refractivity contribution is -0.00973. The summed E-state index contributed by atoms with van der Waals surface area (Å²) in [6.45, 7) is 8.03. The van der Waals surface area contributed by atoms with Gasteiger partial charge in [0.1, 0.15) is 18.0 Å². The second-order valence-electron chi connectivity index (χ2n) is 12.0. The highest BCUT2D eigenvalue weighted by molar-refractivity contribution is 5.89. The number of carbonyl (C=O) groups is 1. The Hall–Kier alpha value is -4.07. The average molecular weight is 541 g/mol. The van der Waals surface area contributed by atoms with E-state index in [1.165, 1.54) is 17.3 Å². The van der Waals surface area contributed by atoms with E-state index in [0.717, 1.165) is 53.5 Å². The molecule has 0 radical (unpaired) electrons. The summed E-state index contributed by atoms with van der Waals surface area (Å²) in [4.78, 5) is 32.6. The number of ether oxygens (including phenoxy) is 2. The van der Waals surface area contributed by atoms with Crippen LogP contribution >= 0.6 is 0 Å². The van der Waals surface area contributed by atoms with Crippen molar-refractivity contribution in [2.75, 3.05) is 0 Å². The smallest absolute Gasteiger partial charge is 0.411 e. The quantitative estimate of drug-likeness (QED) is 0.317. The molecule has 2 aliphatic heterocycles. The van der Waals surface area contributed by atoms with Crippen LogP contribution in [0.2, 0.25) is 0 Å². The van der Waals surface area contributed by atoms with Crippen molar-refractivity contribution in [2.45, 2.75) is 77.7 Å². The van der Waals surface area contributed by atoms with E-state index >= 15 is 0 Å². The summed E-state index contributed by atoms with van der Waals surface area (Å²) < 4.78 is 15.5. The molecule has 2 unspecified atom stereocenters. The molecule has 208 valence electrons. The van der Waals surface area contributed by atoms with E-state index in [4.69, 9.17) is 9.47 Å². The Bertz CT molecular complexity index is 1640. The first-order chi connectivity index (χ1) is 19.1. The maximum absolute atomic E-state index is 13.3. The van der Waals surface area contributed by atoms with Gasteiger partial charge in [0.25, 0.3) is 5.56 Å². The molecule has 8 nitrogen and oxygen atoms in total. The Morgan fingerprint density at radius 3 is 2.65 bits per heavy atom. The Morgan fingerprint density at radius 2 is 1.93 bits per heavy atom. The van der Waals surface area contributed by atoms with Crippen molar-refractivity contribution in [3.05, 3.63) is 87.7 Å². The topological polar surface area (TPSA) is 78.6 Å². The minimum Gasteiger partial charge on any atom is -0.489 e. The summed E-state index contributed by atoms with van der Waals surface area (Å²) in [6.07, 6.45) is 7.10. The highest BCUT2D eigenvalue weighted by Gasteiger charge is 2.44. The minimum atomic E-state index is -0.537.